The van der Waals surface area contributed by atoms with Crippen LogP contribution in [0.25, 0.3) is 0 Å². The highest BCUT2D eigenvalue weighted by atomic mass is 16.2. The van der Waals surface area contributed by atoms with E-state index >= 15 is 0 Å². The summed E-state index contributed by atoms with van der Waals surface area (Å²) in [6.07, 6.45) is 1.97. The molecule has 0 spiro atoms. The highest BCUT2D eigenvalue weighted by molar-refractivity contribution is 6.39. The number of aliphatic imine (C=N–C) groups is 1. The quantitative estimate of drug-likeness (QED) is 0.763. The Kier molecular flexibility index (Phi) is 3.37. The fourth-order valence-electron chi connectivity index (χ4n) is 1.60. The van der Waals surface area contributed by atoms with Crippen LogP contribution in [0.2, 0.25) is 0 Å². The highest BCUT2D eigenvalue weighted by Crippen LogP contribution is 2.22. The van der Waals surface area contributed by atoms with Crippen LogP contribution in [-0.4, -0.2) is 36.4 Å². The Balaban J connectivity index is 2.68. The Morgan fingerprint density at radius 1 is 1.47 bits per heavy atom. The van der Waals surface area contributed by atoms with Crippen LogP contribution in [0.1, 0.15) is 33.6 Å². The molecule has 15 heavy (non-hydrogen) atoms. The van der Waals surface area contributed by atoms with E-state index in [2.05, 4.69) is 24.2 Å². The van der Waals surface area contributed by atoms with Gasteiger partial charge in [0.05, 0.1) is 0 Å². The van der Waals surface area contributed by atoms with Crippen LogP contribution in [0.4, 0.5) is 0 Å². The van der Waals surface area contributed by atoms with Gasteiger partial charge < -0.3 is 10.2 Å². The summed E-state index contributed by atoms with van der Waals surface area (Å²) < 4.78 is 0. The van der Waals surface area contributed by atoms with E-state index in [-0.39, 0.29) is 5.91 Å². The summed E-state index contributed by atoms with van der Waals surface area (Å²) in [5.41, 5.74) is -0.402. The monoisotopic (exact) mass is 211 g/mol. The van der Waals surface area contributed by atoms with Crippen molar-refractivity contribution in [1.82, 2.24) is 10.2 Å². The normalized spacial score (nSPS) is 25.5. The van der Waals surface area contributed by atoms with E-state index < -0.39 is 5.66 Å². The van der Waals surface area contributed by atoms with Gasteiger partial charge in [-0.3, -0.25) is 4.79 Å². The lowest BCUT2D eigenvalue weighted by Gasteiger charge is -2.21. The third-order valence-corrected chi connectivity index (χ3v) is 2.57. The molecule has 4 heteroatoms. The predicted octanol–water partition coefficient (Wildman–Crippen LogP) is 1.23. The molecule has 0 bridgehead atoms. The first-order valence-corrected chi connectivity index (χ1v) is 5.44. The summed E-state index contributed by atoms with van der Waals surface area (Å²) in [4.78, 5) is 17.8. The topological polar surface area (TPSA) is 44.7 Å². The lowest BCUT2D eigenvalue weighted by Crippen LogP contribution is -2.41. The van der Waals surface area contributed by atoms with E-state index in [4.69, 9.17) is 0 Å². The number of carbonyl (C=O) groups excluding carboxylic acids is 1. The highest BCUT2D eigenvalue weighted by Gasteiger charge is 2.35. The van der Waals surface area contributed by atoms with Gasteiger partial charge >= 0.3 is 0 Å². The number of carbonyl (C=O) groups is 1. The van der Waals surface area contributed by atoms with Gasteiger partial charge in [0.25, 0.3) is 5.91 Å². The van der Waals surface area contributed by atoms with Crippen molar-refractivity contribution in [3.8, 4) is 0 Å². The zero-order valence-corrected chi connectivity index (χ0v) is 10.3. The maximum Gasteiger partial charge on any atom is 0.288 e. The van der Waals surface area contributed by atoms with Gasteiger partial charge in [0.1, 0.15) is 5.66 Å². The molecule has 4 nitrogen and oxygen atoms in total. The minimum Gasteiger partial charge on any atom is -0.358 e. The number of rotatable bonds is 3. The van der Waals surface area contributed by atoms with Gasteiger partial charge in [0.2, 0.25) is 0 Å². The number of nitrogens with one attached hydrogen (secondary N) is 1. The summed E-state index contributed by atoms with van der Waals surface area (Å²) >= 11 is 0. The van der Waals surface area contributed by atoms with Crippen molar-refractivity contribution in [2.24, 2.45) is 10.9 Å². The molecular formula is C11H21N3O. The molecule has 1 amide bonds. The van der Waals surface area contributed by atoms with Crippen molar-refractivity contribution in [1.29, 1.82) is 0 Å². The van der Waals surface area contributed by atoms with Gasteiger partial charge in [-0.05, 0) is 25.7 Å². The zero-order valence-electron chi connectivity index (χ0n) is 10.3. The number of nitrogens with zero attached hydrogens (tertiary/aromatic N) is 2. The molecule has 1 N–H and O–H groups in total. The van der Waals surface area contributed by atoms with E-state index in [1.165, 1.54) is 0 Å². The molecule has 1 heterocycles. The molecule has 0 radical (unpaired) electrons. The van der Waals surface area contributed by atoms with Crippen LogP contribution in [0.3, 0.4) is 0 Å². The molecule has 0 fully saturated rings. The fourth-order valence-corrected chi connectivity index (χ4v) is 1.60. The molecular weight excluding hydrogens is 190 g/mol. The Bertz CT molecular complexity index is 284. The molecule has 0 aromatic carbocycles. The van der Waals surface area contributed by atoms with E-state index in [9.17, 15) is 4.79 Å². The number of hydrogen-bond acceptors (Lipinski definition) is 3. The third-order valence-electron chi connectivity index (χ3n) is 2.57. The summed E-state index contributed by atoms with van der Waals surface area (Å²) in [5.74, 6) is 1.10. The zero-order chi connectivity index (χ0) is 11.6. The maximum atomic E-state index is 11.6. The molecule has 0 aromatic heterocycles. The van der Waals surface area contributed by atoms with Crippen LogP contribution < -0.4 is 5.32 Å². The Morgan fingerprint density at radius 3 is 2.47 bits per heavy atom. The Morgan fingerprint density at radius 2 is 2.07 bits per heavy atom. The lowest BCUT2D eigenvalue weighted by atomic mass is 10.0. The van der Waals surface area contributed by atoms with E-state index in [0.29, 0.717) is 11.8 Å². The van der Waals surface area contributed by atoms with Crippen LogP contribution in [0.15, 0.2) is 4.99 Å². The van der Waals surface area contributed by atoms with Crippen LogP contribution >= 0.6 is 0 Å². The average Bonchev–Trinajstić information content (AvgIpc) is 2.40. The maximum absolute atomic E-state index is 11.6. The van der Waals surface area contributed by atoms with Gasteiger partial charge in [-0.25, -0.2) is 4.99 Å². The Hall–Kier alpha value is -1.06. The summed E-state index contributed by atoms with van der Waals surface area (Å²) in [6.45, 7) is 6.33. The molecule has 0 aliphatic carbocycles. The average molecular weight is 211 g/mol. The molecule has 1 atom stereocenters. The molecule has 1 aliphatic rings. The third kappa shape index (κ3) is 2.94. The van der Waals surface area contributed by atoms with Crippen LogP contribution in [-0.2, 0) is 4.79 Å². The van der Waals surface area contributed by atoms with Crippen molar-refractivity contribution in [2.45, 2.75) is 39.3 Å². The van der Waals surface area contributed by atoms with Crippen molar-refractivity contribution >= 4 is 11.7 Å². The van der Waals surface area contributed by atoms with E-state index in [1.807, 2.05) is 21.0 Å². The first-order chi connectivity index (χ1) is 6.84. The first-order valence-electron chi connectivity index (χ1n) is 5.44. The van der Waals surface area contributed by atoms with Crippen molar-refractivity contribution in [3.05, 3.63) is 0 Å². The van der Waals surface area contributed by atoms with Gasteiger partial charge in [-0.15, -0.1) is 0 Å². The second-order valence-corrected chi connectivity index (χ2v) is 4.99. The van der Waals surface area contributed by atoms with Crippen molar-refractivity contribution < 1.29 is 4.79 Å². The molecule has 0 saturated heterocycles. The molecule has 1 aliphatic heterocycles. The second-order valence-electron chi connectivity index (χ2n) is 4.99. The molecule has 1 rings (SSSR count). The van der Waals surface area contributed by atoms with Crippen molar-refractivity contribution in [2.75, 3.05) is 14.1 Å². The minimum atomic E-state index is -0.402. The molecule has 86 valence electrons. The Labute approximate surface area is 91.7 Å². The predicted molar refractivity (Wildman–Crippen MR) is 61.7 cm³/mol. The van der Waals surface area contributed by atoms with E-state index in [0.717, 1.165) is 12.8 Å². The van der Waals surface area contributed by atoms with E-state index in [1.54, 1.807) is 4.90 Å². The number of amides is 1. The minimum absolute atomic E-state index is 0.0637. The molecule has 0 aromatic rings. The van der Waals surface area contributed by atoms with Crippen LogP contribution in [0.5, 0.6) is 0 Å². The van der Waals surface area contributed by atoms with Gasteiger partial charge in [0, 0.05) is 14.1 Å². The molecule has 1 unspecified atom stereocenters. The van der Waals surface area contributed by atoms with Gasteiger partial charge in [-0.1, -0.05) is 13.8 Å². The number of amidine groups is 1. The summed E-state index contributed by atoms with van der Waals surface area (Å²) in [6, 6.07) is 0. The number of hydrogen-bond donors (Lipinski definition) is 1. The SMILES string of the molecule is CC(C)CCC1(C)N=C(N(C)C)C(=O)N1. The summed E-state index contributed by atoms with van der Waals surface area (Å²) in [5, 5.41) is 2.93. The fraction of sp³-hybridized carbons (Fsp3) is 0.818. The molecule has 0 saturated carbocycles. The summed E-state index contributed by atoms with van der Waals surface area (Å²) in [7, 11) is 3.68. The lowest BCUT2D eigenvalue weighted by molar-refractivity contribution is -0.115. The first kappa shape index (κ1) is 12.0. The van der Waals surface area contributed by atoms with Gasteiger partial charge in [-0.2, -0.15) is 0 Å². The van der Waals surface area contributed by atoms with Crippen LogP contribution in [0, 0.1) is 5.92 Å². The van der Waals surface area contributed by atoms with Gasteiger partial charge in [0.15, 0.2) is 5.84 Å². The van der Waals surface area contributed by atoms with Crippen molar-refractivity contribution in [3.63, 3.8) is 0 Å². The standard InChI is InChI=1S/C11H21N3O/c1-8(2)6-7-11(3)12-9(14(4)5)10(15)13-11/h8H,6-7H2,1-5H3,(H,13,15). The second kappa shape index (κ2) is 4.21. The largest absolute Gasteiger partial charge is 0.358 e. The smallest absolute Gasteiger partial charge is 0.288 e. The number of likely N-dealkylation sites (N-methyl/N-ethyl adjacent to an activating group) is 1.